The van der Waals surface area contributed by atoms with E-state index in [1.54, 1.807) is 0 Å². The van der Waals surface area contributed by atoms with Crippen molar-refractivity contribution >= 4 is 49.8 Å². The van der Waals surface area contributed by atoms with Crippen molar-refractivity contribution in [1.29, 1.82) is 0 Å². The Hall–Kier alpha value is -7.16. The van der Waals surface area contributed by atoms with Crippen LogP contribution in [0.4, 0.5) is 17.1 Å². The number of rotatable bonds is 5. The summed E-state index contributed by atoms with van der Waals surface area (Å²) in [7, 11) is 0. The lowest BCUT2D eigenvalue weighted by Crippen LogP contribution is -2.18. The van der Waals surface area contributed by atoms with Crippen LogP contribution in [0.3, 0.4) is 0 Å². The Balaban J connectivity index is 1.11. The number of para-hydroxylation sites is 1. The van der Waals surface area contributed by atoms with Gasteiger partial charge in [-0.2, -0.15) is 0 Å². The predicted octanol–water partition coefficient (Wildman–Crippen LogP) is 16.2. The van der Waals surface area contributed by atoms with Crippen molar-refractivity contribution in [2.45, 2.75) is 38.5 Å². The molecule has 12 rings (SSSR count). The molecular formula is C58H43NO. The van der Waals surface area contributed by atoms with Crippen LogP contribution < -0.4 is 4.90 Å². The summed E-state index contributed by atoms with van der Waals surface area (Å²) in [4.78, 5) is 2.49. The molecule has 2 aliphatic rings. The minimum atomic E-state index is -0.145. The number of nitrogens with zero attached hydrogens (tertiary/aromatic N) is 1. The molecule has 1 heterocycles. The van der Waals surface area contributed by atoms with Gasteiger partial charge in [-0.3, -0.25) is 0 Å². The van der Waals surface area contributed by atoms with Gasteiger partial charge < -0.3 is 9.32 Å². The van der Waals surface area contributed by atoms with E-state index in [2.05, 4.69) is 221 Å². The van der Waals surface area contributed by atoms with E-state index >= 15 is 0 Å². The fourth-order valence-corrected chi connectivity index (χ4v) is 10.5. The van der Waals surface area contributed by atoms with E-state index in [-0.39, 0.29) is 10.8 Å². The fraction of sp³-hybridized carbons (Fsp3) is 0.103. The van der Waals surface area contributed by atoms with E-state index in [4.69, 9.17) is 4.42 Å². The lowest BCUT2D eigenvalue weighted by Gasteiger charge is -2.30. The Morgan fingerprint density at radius 3 is 1.53 bits per heavy atom. The van der Waals surface area contributed by atoms with E-state index in [0.29, 0.717) is 0 Å². The molecule has 2 nitrogen and oxygen atoms in total. The minimum Gasteiger partial charge on any atom is -0.455 e. The number of benzene rings is 9. The molecule has 0 saturated heterocycles. The monoisotopic (exact) mass is 769 g/mol. The van der Waals surface area contributed by atoms with Gasteiger partial charge in [0.25, 0.3) is 0 Å². The van der Waals surface area contributed by atoms with E-state index in [0.717, 1.165) is 55.7 Å². The first-order valence-corrected chi connectivity index (χ1v) is 21.1. The van der Waals surface area contributed by atoms with Crippen LogP contribution in [0.5, 0.6) is 0 Å². The SMILES string of the molecule is CC1(C)c2ccccc2-c2ccc(N(c3cc(-c4ccccc4)cc(-c4cccc5c4oc4cc6ccccc6cc45)c3)c3ccc4c(c3)C(C)(C)c3ccccc3-4)cc21. The lowest BCUT2D eigenvalue weighted by molar-refractivity contribution is 0.660. The van der Waals surface area contributed by atoms with Gasteiger partial charge in [0.15, 0.2) is 0 Å². The number of furan rings is 1. The molecule has 1 aromatic heterocycles. The van der Waals surface area contributed by atoms with Crippen LogP contribution in [-0.4, -0.2) is 0 Å². The predicted molar refractivity (Wildman–Crippen MR) is 252 cm³/mol. The molecule has 0 spiro atoms. The summed E-state index contributed by atoms with van der Waals surface area (Å²) < 4.78 is 6.86. The molecule has 0 radical (unpaired) electrons. The average molecular weight is 770 g/mol. The van der Waals surface area contributed by atoms with Crippen LogP contribution in [0.25, 0.3) is 77.2 Å². The second-order valence-corrected chi connectivity index (χ2v) is 17.8. The standard InChI is InChI=1S/C58H43NO/c1-57(2)51-23-12-10-19-45(51)47-27-25-41(34-53(47)57)59(42-26-28-48-46-20-11-13-24-52(46)58(3,4)54(48)35-42)43-30-39(36-15-6-5-7-16-36)29-40(31-43)44-21-14-22-49-50-32-37-17-8-9-18-38(37)33-55(50)60-56(44)49/h5-35H,1-4H3. The van der Waals surface area contributed by atoms with E-state index in [9.17, 15) is 0 Å². The summed E-state index contributed by atoms with van der Waals surface area (Å²) >= 11 is 0. The van der Waals surface area contributed by atoms with Gasteiger partial charge in [0, 0.05) is 44.2 Å². The topological polar surface area (TPSA) is 16.4 Å². The molecular weight excluding hydrogens is 727 g/mol. The zero-order valence-corrected chi connectivity index (χ0v) is 34.3. The molecule has 0 saturated carbocycles. The first-order chi connectivity index (χ1) is 29.2. The highest BCUT2D eigenvalue weighted by Crippen LogP contribution is 2.53. The maximum absolute atomic E-state index is 6.86. The molecule has 0 atom stereocenters. The smallest absolute Gasteiger partial charge is 0.143 e. The van der Waals surface area contributed by atoms with Crippen molar-refractivity contribution in [3.05, 3.63) is 210 Å². The molecule has 2 heteroatoms. The summed E-state index contributed by atoms with van der Waals surface area (Å²) in [5.74, 6) is 0. The zero-order valence-electron chi connectivity index (χ0n) is 34.3. The number of anilines is 3. The van der Waals surface area contributed by atoms with Gasteiger partial charge in [-0.1, -0.05) is 161 Å². The molecule has 10 aromatic rings. The molecule has 0 N–H and O–H groups in total. The fourth-order valence-electron chi connectivity index (χ4n) is 10.5. The number of hydrogen-bond donors (Lipinski definition) is 0. The van der Waals surface area contributed by atoms with Gasteiger partial charge >= 0.3 is 0 Å². The highest BCUT2D eigenvalue weighted by Gasteiger charge is 2.38. The Kier molecular flexibility index (Phi) is 7.36. The second kappa shape index (κ2) is 12.7. The molecule has 0 fully saturated rings. The van der Waals surface area contributed by atoms with Crippen molar-refractivity contribution in [1.82, 2.24) is 0 Å². The van der Waals surface area contributed by atoms with Crippen molar-refractivity contribution in [3.8, 4) is 44.5 Å². The largest absolute Gasteiger partial charge is 0.455 e. The number of hydrogen-bond acceptors (Lipinski definition) is 2. The molecule has 0 bridgehead atoms. The van der Waals surface area contributed by atoms with E-state index < -0.39 is 0 Å². The van der Waals surface area contributed by atoms with Crippen LogP contribution >= 0.6 is 0 Å². The van der Waals surface area contributed by atoms with Gasteiger partial charge in [-0.25, -0.2) is 0 Å². The summed E-state index contributed by atoms with van der Waals surface area (Å²) in [5, 5.41) is 4.65. The van der Waals surface area contributed by atoms with Gasteiger partial charge in [-0.05, 0) is 127 Å². The third kappa shape index (κ3) is 5.07. The highest BCUT2D eigenvalue weighted by molar-refractivity contribution is 6.13. The normalized spacial score (nSPS) is 14.3. The van der Waals surface area contributed by atoms with Crippen molar-refractivity contribution in [2.24, 2.45) is 0 Å². The molecule has 286 valence electrons. The maximum Gasteiger partial charge on any atom is 0.143 e. The Morgan fingerprint density at radius 1 is 0.350 bits per heavy atom. The van der Waals surface area contributed by atoms with Crippen LogP contribution in [0, 0.1) is 0 Å². The van der Waals surface area contributed by atoms with Crippen molar-refractivity contribution in [2.75, 3.05) is 4.90 Å². The number of fused-ring (bicyclic) bond motifs is 10. The first kappa shape index (κ1) is 34.8. The zero-order chi connectivity index (χ0) is 40.3. The van der Waals surface area contributed by atoms with Crippen molar-refractivity contribution < 1.29 is 4.42 Å². The van der Waals surface area contributed by atoms with Crippen LogP contribution in [0.15, 0.2) is 192 Å². The van der Waals surface area contributed by atoms with Gasteiger partial charge in [-0.15, -0.1) is 0 Å². The van der Waals surface area contributed by atoms with E-state index in [1.807, 2.05) is 0 Å². The molecule has 0 aliphatic heterocycles. The van der Waals surface area contributed by atoms with E-state index in [1.165, 1.54) is 60.8 Å². The third-order valence-corrected chi connectivity index (χ3v) is 13.6. The third-order valence-electron chi connectivity index (χ3n) is 13.6. The summed E-state index contributed by atoms with van der Waals surface area (Å²) in [6.07, 6.45) is 0. The molecule has 60 heavy (non-hydrogen) atoms. The van der Waals surface area contributed by atoms with Crippen LogP contribution in [0.2, 0.25) is 0 Å². The van der Waals surface area contributed by atoms with Crippen LogP contribution in [0.1, 0.15) is 49.9 Å². The van der Waals surface area contributed by atoms with Crippen molar-refractivity contribution in [3.63, 3.8) is 0 Å². The van der Waals surface area contributed by atoms with Gasteiger partial charge in [0.2, 0.25) is 0 Å². The first-order valence-electron chi connectivity index (χ1n) is 21.1. The minimum absolute atomic E-state index is 0.145. The lowest BCUT2D eigenvalue weighted by atomic mass is 9.82. The maximum atomic E-state index is 6.86. The van der Waals surface area contributed by atoms with Gasteiger partial charge in [0.1, 0.15) is 11.2 Å². The second-order valence-electron chi connectivity index (χ2n) is 17.8. The van der Waals surface area contributed by atoms with Crippen LogP contribution in [-0.2, 0) is 10.8 Å². The van der Waals surface area contributed by atoms with Gasteiger partial charge in [0.05, 0.1) is 0 Å². The quantitative estimate of drug-likeness (QED) is 0.173. The summed E-state index contributed by atoms with van der Waals surface area (Å²) in [6, 6.07) is 69.5. The molecule has 2 aliphatic carbocycles. The Labute approximate surface area is 351 Å². The molecule has 0 unspecified atom stereocenters. The molecule has 0 amide bonds. The Morgan fingerprint density at radius 2 is 0.883 bits per heavy atom. The Bertz CT molecular complexity index is 3280. The molecule has 9 aromatic carbocycles. The highest BCUT2D eigenvalue weighted by atomic mass is 16.3. The summed E-state index contributed by atoms with van der Waals surface area (Å²) in [5.41, 5.74) is 20.1. The average Bonchev–Trinajstić information content (AvgIpc) is 3.84. The summed E-state index contributed by atoms with van der Waals surface area (Å²) in [6.45, 7) is 9.47.